The Hall–Kier alpha value is -6.26. The fourth-order valence-corrected chi connectivity index (χ4v) is 10.6. The van der Waals surface area contributed by atoms with E-state index in [4.69, 9.17) is 26.8 Å². The van der Waals surface area contributed by atoms with Gasteiger partial charge in [-0.05, 0) is 68.4 Å². The summed E-state index contributed by atoms with van der Waals surface area (Å²) in [6.07, 6.45) is 4.70. The maximum atomic E-state index is 16.2. The number of carbonyl (C=O) groups is 4. The second-order valence-electron chi connectivity index (χ2n) is 17.5. The van der Waals surface area contributed by atoms with Crippen LogP contribution in [0, 0.1) is 17.6 Å². The lowest BCUT2D eigenvalue weighted by molar-refractivity contribution is -0.137. The number of fused-ring (bicyclic) bond motifs is 2. The van der Waals surface area contributed by atoms with Gasteiger partial charge in [-0.25, -0.2) is 13.6 Å². The molecule has 1 aliphatic carbocycles. The van der Waals surface area contributed by atoms with Crippen LogP contribution in [0.4, 0.5) is 25.1 Å². The van der Waals surface area contributed by atoms with Crippen LogP contribution in [0.2, 0.25) is 5.02 Å². The zero-order valence-corrected chi connectivity index (χ0v) is 37.1. The fourth-order valence-electron chi connectivity index (χ4n) is 10.3. The highest BCUT2D eigenvalue weighted by atomic mass is 35.5. The number of ether oxygens (including phenoxy) is 2. The Kier molecular flexibility index (Phi) is 11.9. The number of carbonyl (C=O) groups excluding carboxylic acids is 4. The summed E-state index contributed by atoms with van der Waals surface area (Å²) >= 11 is 6.69. The third-order valence-corrected chi connectivity index (χ3v) is 14.2. The lowest BCUT2D eigenvalue weighted by Gasteiger charge is -2.38. The average molecular weight is 909 g/mol. The van der Waals surface area contributed by atoms with E-state index in [1.807, 2.05) is 67.4 Å². The minimum absolute atomic E-state index is 0.0132. The highest BCUT2D eigenvalue weighted by molar-refractivity contribution is 6.34. The van der Waals surface area contributed by atoms with Gasteiger partial charge in [-0.15, -0.1) is 0 Å². The van der Waals surface area contributed by atoms with E-state index in [0.717, 1.165) is 47.8 Å². The van der Waals surface area contributed by atoms with Crippen LogP contribution in [0.1, 0.15) is 79.3 Å². The number of urea groups is 1. The van der Waals surface area contributed by atoms with Gasteiger partial charge in [0.1, 0.15) is 11.6 Å². The van der Waals surface area contributed by atoms with E-state index >= 15 is 8.78 Å². The van der Waals surface area contributed by atoms with E-state index in [1.54, 1.807) is 4.68 Å². The number of aromatic nitrogens is 2. The van der Waals surface area contributed by atoms with E-state index in [0.29, 0.717) is 43.9 Å². The minimum atomic E-state index is -1.08. The van der Waals surface area contributed by atoms with Crippen LogP contribution in [0.5, 0.6) is 11.5 Å². The molecular formula is C48H51ClF2N8O6. The molecular weight excluding hydrogens is 858 g/mol. The van der Waals surface area contributed by atoms with Crippen molar-refractivity contribution in [2.75, 3.05) is 43.5 Å². The molecule has 17 heteroatoms. The Morgan fingerprint density at radius 1 is 0.969 bits per heavy atom. The van der Waals surface area contributed by atoms with Gasteiger partial charge in [-0.1, -0.05) is 54.9 Å². The van der Waals surface area contributed by atoms with Crippen molar-refractivity contribution < 1.29 is 37.4 Å². The molecule has 5 N–H and O–H groups in total. The predicted octanol–water partition coefficient (Wildman–Crippen LogP) is 7.37. The molecule has 2 saturated heterocycles. The van der Waals surface area contributed by atoms with Crippen molar-refractivity contribution in [3.8, 4) is 22.6 Å². The van der Waals surface area contributed by atoms with E-state index < -0.39 is 35.1 Å². The van der Waals surface area contributed by atoms with Crippen molar-refractivity contribution in [1.29, 1.82) is 0 Å². The first-order chi connectivity index (χ1) is 31.3. The summed E-state index contributed by atoms with van der Waals surface area (Å²) in [5, 5.41) is 14.9. The van der Waals surface area contributed by atoms with Crippen LogP contribution in [0.15, 0.2) is 66.7 Å². The molecule has 4 heterocycles. The quantitative estimate of drug-likeness (QED) is 0.106. The molecule has 0 unspecified atom stereocenters. The molecule has 0 spiro atoms. The molecule has 65 heavy (non-hydrogen) atoms. The number of aryl methyl sites for hydroxylation is 1. The third kappa shape index (κ3) is 7.90. The molecule has 2 atom stereocenters. The molecule has 1 aromatic heterocycles. The SMILES string of the molecule is COc1ccc(C(N)=O)c(-c2c(Cl)c(F)cc3c2[C@H](C)[C@@](CNC2CCC(C(=O)N4CCC(Nc5cccc6c(N7CCC(=O)NC7=O)nn(C)c56)CC4)CC2)(c2ccccc2)O3)c1F. The molecule has 3 aliphatic heterocycles. The number of para-hydroxylation sites is 1. The standard InChI is InChI=1S/C48H51ClF2N8O6/c1-26-38-36(24-33(50)41(49)40(38)39-31(44(52)61)16-17-35(64-3)42(39)51)65-48(26,28-8-5-4-6-9-28)25-53-29-14-12-27(13-15-29)46(62)58-21-18-30(19-22-58)54-34-11-7-10-32-43(34)57(2)56-45(32)59-23-20-37(60)55-47(59)63/h4-11,16-17,24,26-27,29-30,53-54H,12-15,18-23,25H2,1-3H3,(H2,52,61)(H,55,60,63)/t26-,27?,29?,48-/m0/s1. The number of anilines is 2. The van der Waals surface area contributed by atoms with Crippen LogP contribution >= 0.6 is 11.6 Å². The van der Waals surface area contributed by atoms with Crippen LogP contribution in [-0.4, -0.2) is 83.8 Å². The summed E-state index contributed by atoms with van der Waals surface area (Å²) in [5.74, 6) is -2.86. The second-order valence-corrected chi connectivity index (χ2v) is 17.9. The van der Waals surface area contributed by atoms with Crippen molar-refractivity contribution >= 4 is 57.8 Å². The zero-order chi connectivity index (χ0) is 45.7. The number of halogens is 3. The molecule has 14 nitrogen and oxygen atoms in total. The molecule has 5 amide bonds. The van der Waals surface area contributed by atoms with Gasteiger partial charge in [0.05, 0.1) is 28.9 Å². The number of imide groups is 1. The third-order valence-electron chi connectivity index (χ3n) is 13.8. The van der Waals surface area contributed by atoms with Crippen molar-refractivity contribution in [2.24, 2.45) is 18.7 Å². The maximum absolute atomic E-state index is 16.2. The van der Waals surface area contributed by atoms with Gasteiger partial charge < -0.3 is 30.7 Å². The highest BCUT2D eigenvalue weighted by Crippen LogP contribution is 2.56. The first-order valence-electron chi connectivity index (χ1n) is 22.1. The number of hydrogen-bond acceptors (Lipinski definition) is 9. The summed E-state index contributed by atoms with van der Waals surface area (Å²) in [4.78, 5) is 54.5. The van der Waals surface area contributed by atoms with Gasteiger partial charge in [0.15, 0.2) is 23.0 Å². The lowest BCUT2D eigenvalue weighted by Crippen LogP contribution is -2.49. The Morgan fingerprint density at radius 3 is 2.40 bits per heavy atom. The first-order valence-corrected chi connectivity index (χ1v) is 22.5. The van der Waals surface area contributed by atoms with Crippen molar-refractivity contribution in [1.82, 2.24) is 25.3 Å². The van der Waals surface area contributed by atoms with Crippen molar-refractivity contribution in [3.05, 3.63) is 100 Å². The molecule has 5 aromatic rings. The van der Waals surface area contributed by atoms with Gasteiger partial charge in [-0.2, -0.15) is 5.10 Å². The molecule has 9 rings (SSSR count). The minimum Gasteiger partial charge on any atom is -0.494 e. The Bertz CT molecular complexity index is 2700. The van der Waals surface area contributed by atoms with Crippen LogP contribution in [-0.2, 0) is 22.2 Å². The average Bonchev–Trinajstić information content (AvgIpc) is 3.79. The Morgan fingerprint density at radius 2 is 1.71 bits per heavy atom. The number of amides is 5. The number of hydrogen-bond donors (Lipinski definition) is 4. The number of piperidine rings is 1. The highest BCUT2D eigenvalue weighted by Gasteiger charge is 2.50. The number of nitrogens with one attached hydrogen (secondary N) is 3. The largest absolute Gasteiger partial charge is 0.494 e. The molecule has 340 valence electrons. The van der Waals surface area contributed by atoms with E-state index in [1.165, 1.54) is 30.2 Å². The van der Waals surface area contributed by atoms with Gasteiger partial charge in [0.2, 0.25) is 17.7 Å². The Balaban J connectivity index is 0.854. The van der Waals surface area contributed by atoms with Gasteiger partial charge >= 0.3 is 6.03 Å². The molecule has 3 fully saturated rings. The summed E-state index contributed by atoms with van der Waals surface area (Å²) < 4.78 is 45.8. The summed E-state index contributed by atoms with van der Waals surface area (Å²) in [6, 6.07) is 19.0. The number of rotatable bonds is 11. The predicted molar refractivity (Wildman–Crippen MR) is 242 cm³/mol. The molecule has 4 aromatic carbocycles. The normalized spacial score (nSPS) is 22.4. The monoisotopic (exact) mass is 908 g/mol. The summed E-state index contributed by atoms with van der Waals surface area (Å²) in [7, 11) is 3.13. The summed E-state index contributed by atoms with van der Waals surface area (Å²) in [6.45, 7) is 3.75. The number of nitrogens with two attached hydrogens (primary N) is 1. The summed E-state index contributed by atoms with van der Waals surface area (Å²) in [5.41, 5.74) is 7.21. The van der Waals surface area contributed by atoms with Crippen LogP contribution in [0.3, 0.4) is 0 Å². The molecule has 0 radical (unpaired) electrons. The van der Waals surface area contributed by atoms with Gasteiger partial charge in [0.25, 0.3) is 0 Å². The second kappa shape index (κ2) is 17.6. The van der Waals surface area contributed by atoms with Gasteiger partial charge in [0, 0.05) is 91.7 Å². The van der Waals surface area contributed by atoms with Crippen LogP contribution in [0.25, 0.3) is 22.0 Å². The van der Waals surface area contributed by atoms with Gasteiger partial charge in [-0.3, -0.25) is 29.3 Å². The number of likely N-dealkylation sites (tertiary alicyclic amines) is 1. The maximum Gasteiger partial charge on any atom is 0.329 e. The molecule has 0 bridgehead atoms. The molecule has 1 saturated carbocycles. The van der Waals surface area contributed by atoms with Crippen LogP contribution < -0.4 is 36.1 Å². The van der Waals surface area contributed by atoms with Crippen molar-refractivity contribution in [3.63, 3.8) is 0 Å². The zero-order valence-electron chi connectivity index (χ0n) is 36.4. The topological polar surface area (TPSA) is 173 Å². The van der Waals surface area contributed by atoms with E-state index in [9.17, 15) is 19.2 Å². The number of benzene rings is 4. The lowest BCUT2D eigenvalue weighted by atomic mass is 9.77. The number of methoxy groups -OCH3 is 1. The first kappa shape index (κ1) is 44.0. The number of nitrogens with zero attached hydrogens (tertiary/aromatic N) is 4. The van der Waals surface area contributed by atoms with E-state index in [-0.39, 0.29) is 76.0 Å². The Labute approximate surface area is 379 Å². The van der Waals surface area contributed by atoms with Crippen molar-refractivity contribution in [2.45, 2.75) is 75.5 Å². The smallest absolute Gasteiger partial charge is 0.329 e. The molecule has 4 aliphatic rings. The van der Waals surface area contributed by atoms with E-state index in [2.05, 4.69) is 21.0 Å². The fraction of sp³-hybridized carbons (Fsp3) is 0.396. The number of primary amides is 1.